The molecule has 0 aliphatic rings. The van der Waals surface area contributed by atoms with Crippen LogP contribution in [0.15, 0.2) is 0 Å². The van der Waals surface area contributed by atoms with Crippen molar-refractivity contribution in [2.45, 2.75) is 18.1 Å². The highest BCUT2D eigenvalue weighted by molar-refractivity contribution is 8.42. The van der Waals surface area contributed by atoms with E-state index in [-0.39, 0.29) is 28.7 Å². The van der Waals surface area contributed by atoms with Crippen LogP contribution in [0.2, 0.25) is 0 Å². The number of carboxylic acids is 2. The maximum Gasteiger partial charge on any atom is 0.317 e. The molecular formula is C6H14N2O4S3. The van der Waals surface area contributed by atoms with Gasteiger partial charge in [-0.15, -0.1) is 12.6 Å². The number of aliphatic carboxylic acids is 2. The smallest absolute Gasteiger partial charge is 0.317 e. The molecule has 0 aromatic heterocycles. The molecule has 0 aliphatic heterocycles. The molecule has 0 spiro atoms. The SMILES string of the molecule is N.N.O=C(O)CCC(SC(=S)S)C(=O)O. The van der Waals surface area contributed by atoms with Crippen molar-refractivity contribution in [1.29, 1.82) is 0 Å². The normalized spacial score (nSPS) is 10.5. The molecule has 0 radical (unpaired) electrons. The van der Waals surface area contributed by atoms with Crippen molar-refractivity contribution in [1.82, 2.24) is 12.3 Å². The Labute approximate surface area is 102 Å². The molecule has 0 aromatic carbocycles. The lowest BCUT2D eigenvalue weighted by molar-refractivity contribution is -0.138. The molecule has 0 saturated carbocycles. The van der Waals surface area contributed by atoms with Gasteiger partial charge in [0.1, 0.15) is 8.78 Å². The number of hydrogen-bond acceptors (Lipinski definition) is 6. The summed E-state index contributed by atoms with van der Waals surface area (Å²) in [6, 6.07) is 0. The molecule has 9 heteroatoms. The van der Waals surface area contributed by atoms with Crippen molar-refractivity contribution < 1.29 is 19.8 Å². The number of rotatable bonds is 5. The molecule has 0 fully saturated rings. The highest BCUT2D eigenvalue weighted by Gasteiger charge is 2.19. The average molecular weight is 274 g/mol. The molecular weight excluding hydrogens is 260 g/mol. The van der Waals surface area contributed by atoms with Crippen LogP contribution in [0.4, 0.5) is 0 Å². The van der Waals surface area contributed by atoms with Gasteiger partial charge in [-0.1, -0.05) is 24.0 Å². The molecule has 1 unspecified atom stereocenters. The van der Waals surface area contributed by atoms with Gasteiger partial charge in [0.25, 0.3) is 0 Å². The van der Waals surface area contributed by atoms with E-state index in [1.807, 2.05) is 0 Å². The quantitative estimate of drug-likeness (QED) is 0.375. The minimum absolute atomic E-state index is 0. The van der Waals surface area contributed by atoms with Crippen LogP contribution in [-0.2, 0) is 9.59 Å². The molecule has 0 aromatic rings. The Bertz CT molecular complexity index is 236. The second kappa shape index (κ2) is 10.2. The first-order valence-electron chi connectivity index (χ1n) is 3.27. The number of thioether (sulfide) groups is 1. The van der Waals surface area contributed by atoms with Crippen molar-refractivity contribution >= 4 is 52.1 Å². The molecule has 15 heavy (non-hydrogen) atoms. The van der Waals surface area contributed by atoms with Gasteiger partial charge in [-0.2, -0.15) is 0 Å². The number of hydrogen-bond donors (Lipinski definition) is 5. The average Bonchev–Trinajstić information content (AvgIpc) is 1.96. The summed E-state index contributed by atoms with van der Waals surface area (Å²) in [5.74, 6) is -2.08. The summed E-state index contributed by atoms with van der Waals surface area (Å²) < 4.78 is 0.206. The molecule has 0 aliphatic carbocycles. The fraction of sp³-hybridized carbons (Fsp3) is 0.500. The number of carboxylic acid groups (broad SMARTS) is 2. The highest BCUT2D eigenvalue weighted by Crippen LogP contribution is 2.20. The molecule has 0 rings (SSSR count). The van der Waals surface area contributed by atoms with Gasteiger partial charge in [-0.05, 0) is 6.42 Å². The van der Waals surface area contributed by atoms with Crippen LogP contribution >= 0.6 is 36.6 Å². The van der Waals surface area contributed by atoms with E-state index < -0.39 is 17.2 Å². The Morgan fingerprint density at radius 1 is 1.33 bits per heavy atom. The summed E-state index contributed by atoms with van der Waals surface area (Å²) in [5, 5.41) is 16.1. The zero-order valence-electron chi connectivity index (χ0n) is 7.88. The summed E-state index contributed by atoms with van der Waals surface area (Å²) in [7, 11) is 0. The van der Waals surface area contributed by atoms with E-state index >= 15 is 0 Å². The Morgan fingerprint density at radius 2 is 1.80 bits per heavy atom. The molecule has 0 amide bonds. The summed E-state index contributed by atoms with van der Waals surface area (Å²) in [6.07, 6.45) is -0.129. The lowest BCUT2D eigenvalue weighted by atomic mass is 10.2. The van der Waals surface area contributed by atoms with E-state index in [2.05, 4.69) is 24.8 Å². The summed E-state index contributed by atoms with van der Waals surface area (Å²) in [4.78, 5) is 20.7. The Balaban J connectivity index is -0.000000720. The van der Waals surface area contributed by atoms with Gasteiger partial charge >= 0.3 is 11.9 Å². The predicted molar refractivity (Wildman–Crippen MR) is 67.5 cm³/mol. The van der Waals surface area contributed by atoms with Gasteiger partial charge in [0, 0.05) is 6.42 Å². The second-order valence-corrected chi connectivity index (χ2v) is 5.08. The maximum atomic E-state index is 10.5. The predicted octanol–water partition coefficient (Wildman–Crippen LogP) is 1.58. The number of carbonyl (C=O) groups is 2. The lowest BCUT2D eigenvalue weighted by Gasteiger charge is -2.08. The van der Waals surface area contributed by atoms with Gasteiger partial charge in [0.05, 0.1) is 0 Å². The van der Waals surface area contributed by atoms with Crippen molar-refractivity contribution in [3.8, 4) is 0 Å². The van der Waals surface area contributed by atoms with Crippen LogP contribution in [0.5, 0.6) is 0 Å². The van der Waals surface area contributed by atoms with Gasteiger partial charge in [0.2, 0.25) is 0 Å². The fourth-order valence-corrected chi connectivity index (χ4v) is 1.92. The van der Waals surface area contributed by atoms with Crippen LogP contribution in [0.3, 0.4) is 0 Å². The van der Waals surface area contributed by atoms with E-state index in [4.69, 9.17) is 10.2 Å². The molecule has 90 valence electrons. The molecule has 8 N–H and O–H groups in total. The third kappa shape index (κ3) is 11.6. The third-order valence-electron chi connectivity index (χ3n) is 1.14. The van der Waals surface area contributed by atoms with Gasteiger partial charge in [-0.25, -0.2) is 0 Å². The largest absolute Gasteiger partial charge is 0.481 e. The van der Waals surface area contributed by atoms with Crippen molar-refractivity contribution in [2.24, 2.45) is 0 Å². The Hall–Kier alpha value is -0.350. The molecule has 0 bridgehead atoms. The first kappa shape index (κ1) is 20.1. The second-order valence-electron chi connectivity index (χ2n) is 2.14. The topological polar surface area (TPSA) is 145 Å². The molecule has 0 heterocycles. The van der Waals surface area contributed by atoms with E-state index in [9.17, 15) is 9.59 Å². The third-order valence-corrected chi connectivity index (χ3v) is 2.67. The van der Waals surface area contributed by atoms with Crippen LogP contribution in [0.25, 0.3) is 0 Å². The molecule has 1 atom stereocenters. The zero-order valence-corrected chi connectivity index (χ0v) is 10.4. The van der Waals surface area contributed by atoms with E-state index in [1.54, 1.807) is 0 Å². The minimum Gasteiger partial charge on any atom is -0.481 e. The Kier molecular flexibility index (Phi) is 13.6. The van der Waals surface area contributed by atoms with E-state index in [0.29, 0.717) is 0 Å². The highest BCUT2D eigenvalue weighted by atomic mass is 32.2. The zero-order chi connectivity index (χ0) is 10.4. The van der Waals surface area contributed by atoms with Gasteiger partial charge in [-0.3, -0.25) is 9.59 Å². The lowest BCUT2D eigenvalue weighted by Crippen LogP contribution is -2.18. The molecule has 6 nitrogen and oxygen atoms in total. The summed E-state index contributed by atoms with van der Waals surface area (Å²) in [5.41, 5.74) is 0. The first-order valence-corrected chi connectivity index (χ1v) is 5.01. The van der Waals surface area contributed by atoms with Crippen molar-refractivity contribution in [2.75, 3.05) is 0 Å². The number of thiocarbonyl (C=S) groups is 1. The summed E-state index contributed by atoms with van der Waals surface area (Å²) >= 11 is 9.23. The van der Waals surface area contributed by atoms with Gasteiger partial charge in [0.15, 0.2) is 0 Å². The van der Waals surface area contributed by atoms with Crippen LogP contribution < -0.4 is 12.3 Å². The van der Waals surface area contributed by atoms with Gasteiger partial charge < -0.3 is 22.5 Å². The standard InChI is InChI=1S/C6H8O4S3.2H3N/c7-4(8)2-1-3(5(9)10)13-6(11)12;;/h3H,1-2H2,(H,7,8)(H,9,10)(H,11,12);2*1H3. The summed E-state index contributed by atoms with van der Waals surface area (Å²) in [6.45, 7) is 0. The fourth-order valence-electron chi connectivity index (χ4n) is 0.609. The monoisotopic (exact) mass is 274 g/mol. The van der Waals surface area contributed by atoms with E-state index in [1.165, 1.54) is 0 Å². The van der Waals surface area contributed by atoms with Crippen molar-refractivity contribution in [3.05, 3.63) is 0 Å². The molecule has 0 saturated heterocycles. The Morgan fingerprint density at radius 3 is 2.07 bits per heavy atom. The van der Waals surface area contributed by atoms with Crippen LogP contribution in [0.1, 0.15) is 12.8 Å². The first-order chi connectivity index (χ1) is 5.93. The van der Waals surface area contributed by atoms with Crippen molar-refractivity contribution in [3.63, 3.8) is 0 Å². The van der Waals surface area contributed by atoms with E-state index in [0.717, 1.165) is 11.8 Å². The minimum atomic E-state index is -1.07. The van der Waals surface area contributed by atoms with Crippen LogP contribution in [-0.4, -0.2) is 30.9 Å². The maximum absolute atomic E-state index is 10.5. The van der Waals surface area contributed by atoms with Crippen LogP contribution in [0, 0.1) is 0 Å². The number of thiol groups is 1.